The van der Waals surface area contributed by atoms with E-state index < -0.39 is 0 Å². The number of benzene rings is 2. The van der Waals surface area contributed by atoms with Crippen LogP contribution in [0.5, 0.6) is 17.2 Å². The lowest BCUT2D eigenvalue weighted by Crippen LogP contribution is -2.24. The number of amides is 1. The maximum Gasteiger partial charge on any atom is 0.270 e. The van der Waals surface area contributed by atoms with Crippen molar-refractivity contribution in [2.45, 2.75) is 6.54 Å². The second-order valence-corrected chi connectivity index (χ2v) is 5.41. The molecule has 2 N–H and O–H groups in total. The van der Waals surface area contributed by atoms with Gasteiger partial charge in [-0.1, -0.05) is 18.2 Å². The normalized spacial score (nSPS) is 10.5. The van der Waals surface area contributed by atoms with Crippen molar-refractivity contribution in [2.24, 2.45) is 0 Å². The fourth-order valence-corrected chi connectivity index (χ4v) is 2.52. The first-order valence-electron chi connectivity index (χ1n) is 7.70. The summed E-state index contributed by atoms with van der Waals surface area (Å²) in [6.07, 6.45) is 0. The first-order chi connectivity index (χ1) is 12.1. The second-order valence-electron chi connectivity index (χ2n) is 5.41. The van der Waals surface area contributed by atoms with Gasteiger partial charge in [0.15, 0.2) is 0 Å². The Morgan fingerprint density at radius 2 is 1.96 bits per heavy atom. The molecular formula is C19H18N2O4. The van der Waals surface area contributed by atoms with Gasteiger partial charge in [0, 0.05) is 23.6 Å². The molecule has 0 saturated heterocycles. The summed E-state index contributed by atoms with van der Waals surface area (Å²) in [6.45, 7) is 0.284. The summed E-state index contributed by atoms with van der Waals surface area (Å²) in [4.78, 5) is 16.6. The molecule has 2 aromatic carbocycles. The number of nitrogens with zero attached hydrogens (tertiary/aromatic N) is 1. The summed E-state index contributed by atoms with van der Waals surface area (Å²) in [5.41, 5.74) is 1.46. The van der Waals surface area contributed by atoms with Crippen LogP contribution in [0.2, 0.25) is 0 Å². The van der Waals surface area contributed by atoms with Crippen LogP contribution in [-0.4, -0.2) is 30.2 Å². The van der Waals surface area contributed by atoms with Gasteiger partial charge in [0.2, 0.25) is 0 Å². The van der Waals surface area contributed by atoms with E-state index in [9.17, 15) is 9.90 Å². The first-order valence-corrected chi connectivity index (χ1v) is 7.70. The summed E-state index contributed by atoms with van der Waals surface area (Å²) in [5, 5.41) is 13.5. The predicted octanol–water partition coefficient (Wildman–Crippen LogP) is 2.89. The fourth-order valence-electron chi connectivity index (χ4n) is 2.52. The largest absolute Gasteiger partial charge is 0.506 e. The van der Waals surface area contributed by atoms with E-state index in [2.05, 4.69) is 10.3 Å². The molecule has 0 aliphatic carbocycles. The molecule has 0 unspecified atom stereocenters. The van der Waals surface area contributed by atoms with Crippen molar-refractivity contribution in [1.82, 2.24) is 10.3 Å². The number of methoxy groups -OCH3 is 2. The van der Waals surface area contributed by atoms with Gasteiger partial charge in [-0.05, 0) is 24.3 Å². The molecule has 6 heteroatoms. The van der Waals surface area contributed by atoms with Gasteiger partial charge in [-0.15, -0.1) is 0 Å². The number of ether oxygens (including phenoxy) is 2. The molecule has 3 aromatic rings. The number of carbonyl (C=O) groups is 1. The molecule has 0 saturated carbocycles. The molecule has 25 heavy (non-hydrogen) atoms. The zero-order chi connectivity index (χ0) is 17.8. The summed E-state index contributed by atoms with van der Waals surface area (Å²) in [7, 11) is 3.14. The van der Waals surface area contributed by atoms with Crippen molar-refractivity contribution < 1.29 is 19.4 Å². The average molecular weight is 338 g/mol. The van der Waals surface area contributed by atoms with Crippen molar-refractivity contribution in [1.29, 1.82) is 0 Å². The minimum absolute atomic E-state index is 0.0453. The molecule has 0 aliphatic rings. The highest BCUT2D eigenvalue weighted by atomic mass is 16.5. The van der Waals surface area contributed by atoms with Crippen LogP contribution in [0.1, 0.15) is 16.1 Å². The van der Waals surface area contributed by atoms with Gasteiger partial charge in [-0.3, -0.25) is 4.79 Å². The van der Waals surface area contributed by atoms with E-state index in [1.54, 1.807) is 50.6 Å². The van der Waals surface area contributed by atoms with E-state index in [1.807, 2.05) is 12.1 Å². The number of carbonyl (C=O) groups excluding carboxylic acids is 1. The van der Waals surface area contributed by atoms with E-state index in [0.29, 0.717) is 17.0 Å². The minimum Gasteiger partial charge on any atom is -0.506 e. The van der Waals surface area contributed by atoms with Crippen LogP contribution in [0.3, 0.4) is 0 Å². The third kappa shape index (κ3) is 3.47. The average Bonchev–Trinajstić information content (AvgIpc) is 2.66. The Morgan fingerprint density at radius 1 is 1.12 bits per heavy atom. The number of hydrogen-bond acceptors (Lipinski definition) is 5. The molecule has 1 heterocycles. The van der Waals surface area contributed by atoms with Gasteiger partial charge in [0.05, 0.1) is 14.2 Å². The highest BCUT2D eigenvalue weighted by molar-refractivity contribution is 5.95. The van der Waals surface area contributed by atoms with E-state index in [0.717, 1.165) is 10.9 Å². The van der Waals surface area contributed by atoms with Crippen LogP contribution < -0.4 is 14.8 Å². The molecule has 0 bridgehead atoms. The molecule has 6 nitrogen and oxygen atoms in total. The molecule has 1 aromatic heterocycles. The van der Waals surface area contributed by atoms with Crippen molar-refractivity contribution in [3.63, 3.8) is 0 Å². The topological polar surface area (TPSA) is 80.7 Å². The summed E-state index contributed by atoms with van der Waals surface area (Å²) in [5.74, 6) is 1.02. The molecule has 0 spiro atoms. The second kappa shape index (κ2) is 7.09. The van der Waals surface area contributed by atoms with E-state index in [-0.39, 0.29) is 23.9 Å². The molecule has 3 rings (SSSR count). The van der Waals surface area contributed by atoms with Crippen LogP contribution in [0.15, 0.2) is 48.5 Å². The summed E-state index contributed by atoms with van der Waals surface area (Å²) in [6, 6.07) is 13.9. The number of phenols is 1. The zero-order valence-electron chi connectivity index (χ0n) is 13.9. The molecule has 0 atom stereocenters. The maximum atomic E-state index is 12.4. The standard InChI is InChI=1S/C19H18N2O4/c1-24-14-8-6-13(17(10-14)25-2)11-20-19(23)15-9-7-12-4-3-5-16(22)18(12)21-15/h3-10,22H,11H2,1-2H3,(H,20,23). The van der Waals surface area contributed by atoms with Crippen molar-refractivity contribution in [3.8, 4) is 17.2 Å². The number of aromatic nitrogens is 1. The Balaban J connectivity index is 1.78. The van der Waals surface area contributed by atoms with E-state index in [4.69, 9.17) is 9.47 Å². The summed E-state index contributed by atoms with van der Waals surface area (Å²) < 4.78 is 10.5. The van der Waals surface area contributed by atoms with Crippen LogP contribution in [0, 0.1) is 0 Å². The first kappa shape index (κ1) is 16.6. The Hall–Kier alpha value is -3.28. The van der Waals surface area contributed by atoms with E-state index in [1.165, 1.54) is 0 Å². The summed E-state index contributed by atoms with van der Waals surface area (Å²) >= 11 is 0. The lowest BCUT2D eigenvalue weighted by atomic mass is 10.1. The quantitative estimate of drug-likeness (QED) is 0.748. The molecule has 128 valence electrons. The number of rotatable bonds is 5. The highest BCUT2D eigenvalue weighted by Gasteiger charge is 2.11. The Kier molecular flexibility index (Phi) is 4.70. The number of fused-ring (bicyclic) bond motifs is 1. The van der Waals surface area contributed by atoms with Gasteiger partial charge >= 0.3 is 0 Å². The molecule has 1 amide bonds. The van der Waals surface area contributed by atoms with E-state index >= 15 is 0 Å². The van der Waals surface area contributed by atoms with Crippen molar-refractivity contribution in [3.05, 3.63) is 59.8 Å². The van der Waals surface area contributed by atoms with Crippen LogP contribution in [0.25, 0.3) is 10.9 Å². The number of para-hydroxylation sites is 1. The Bertz CT molecular complexity index is 924. The fraction of sp³-hybridized carbons (Fsp3) is 0.158. The molecule has 0 radical (unpaired) electrons. The zero-order valence-corrected chi connectivity index (χ0v) is 13.9. The third-order valence-corrected chi connectivity index (χ3v) is 3.87. The minimum atomic E-state index is -0.331. The number of aromatic hydroxyl groups is 1. The highest BCUT2D eigenvalue weighted by Crippen LogP contribution is 2.25. The van der Waals surface area contributed by atoms with Gasteiger partial charge < -0.3 is 19.9 Å². The van der Waals surface area contributed by atoms with Gasteiger partial charge in [-0.2, -0.15) is 0 Å². The number of hydrogen-bond donors (Lipinski definition) is 2. The number of nitrogens with one attached hydrogen (secondary N) is 1. The van der Waals surface area contributed by atoms with Gasteiger partial charge in [0.25, 0.3) is 5.91 Å². The number of phenolic OH excluding ortho intramolecular Hbond substituents is 1. The maximum absolute atomic E-state index is 12.4. The van der Waals surface area contributed by atoms with Crippen molar-refractivity contribution >= 4 is 16.8 Å². The van der Waals surface area contributed by atoms with Gasteiger partial charge in [-0.25, -0.2) is 4.98 Å². The molecular weight excluding hydrogens is 320 g/mol. The smallest absolute Gasteiger partial charge is 0.270 e. The van der Waals surface area contributed by atoms with Crippen LogP contribution >= 0.6 is 0 Å². The SMILES string of the molecule is COc1ccc(CNC(=O)c2ccc3cccc(O)c3n2)c(OC)c1. The lowest BCUT2D eigenvalue weighted by Gasteiger charge is -2.11. The number of pyridine rings is 1. The van der Waals surface area contributed by atoms with Crippen LogP contribution in [0.4, 0.5) is 0 Å². The Labute approximate surface area is 145 Å². The predicted molar refractivity (Wildman–Crippen MR) is 94.1 cm³/mol. The molecule has 0 fully saturated rings. The Morgan fingerprint density at radius 3 is 2.72 bits per heavy atom. The molecule has 0 aliphatic heterocycles. The van der Waals surface area contributed by atoms with Gasteiger partial charge in [0.1, 0.15) is 28.5 Å². The third-order valence-electron chi connectivity index (χ3n) is 3.87. The van der Waals surface area contributed by atoms with Crippen LogP contribution in [-0.2, 0) is 6.54 Å². The van der Waals surface area contributed by atoms with Crippen molar-refractivity contribution in [2.75, 3.05) is 14.2 Å². The lowest BCUT2D eigenvalue weighted by molar-refractivity contribution is 0.0946. The monoisotopic (exact) mass is 338 g/mol.